The molecule has 0 bridgehead atoms. The minimum Gasteiger partial charge on any atom is -0.507 e. The second kappa shape index (κ2) is 8.03. The number of Topliss-reactive ketones (excluding diaryl/α,β-unsaturated/α-hetero) is 1. The Morgan fingerprint density at radius 3 is 2.58 bits per heavy atom. The van der Waals surface area contributed by atoms with Crippen LogP contribution in [0.5, 0.6) is 5.75 Å². The van der Waals surface area contributed by atoms with Crippen molar-refractivity contribution in [3.63, 3.8) is 0 Å². The summed E-state index contributed by atoms with van der Waals surface area (Å²) >= 11 is 3.37. The maximum atomic E-state index is 13.9. The van der Waals surface area contributed by atoms with Crippen LogP contribution in [0.25, 0.3) is 5.76 Å². The second-order valence-corrected chi connectivity index (χ2v) is 7.86. The van der Waals surface area contributed by atoms with E-state index in [9.17, 15) is 19.1 Å². The van der Waals surface area contributed by atoms with Crippen LogP contribution < -0.4 is 9.64 Å². The quantitative estimate of drug-likeness (QED) is 0.315. The predicted octanol–water partition coefficient (Wildman–Crippen LogP) is 5.12. The zero-order valence-electron chi connectivity index (χ0n) is 16.6. The Morgan fingerprint density at radius 2 is 1.94 bits per heavy atom. The molecule has 1 atom stereocenters. The molecular formula is C23H17BrFNO5. The Balaban J connectivity index is 1.98. The lowest BCUT2D eigenvalue weighted by molar-refractivity contribution is -0.132. The molecule has 158 valence electrons. The van der Waals surface area contributed by atoms with Crippen LogP contribution in [-0.4, -0.2) is 23.9 Å². The molecule has 2 aromatic carbocycles. The van der Waals surface area contributed by atoms with E-state index < -0.39 is 29.3 Å². The summed E-state index contributed by atoms with van der Waals surface area (Å²) < 4.78 is 25.6. The molecule has 3 aromatic rings. The van der Waals surface area contributed by atoms with Gasteiger partial charge in [0.15, 0.2) is 0 Å². The van der Waals surface area contributed by atoms with Gasteiger partial charge in [0.2, 0.25) is 0 Å². The Hall–Kier alpha value is -3.39. The van der Waals surface area contributed by atoms with Crippen LogP contribution in [0.1, 0.15) is 23.1 Å². The minimum atomic E-state index is -1.05. The number of aryl methyl sites for hydroxylation is 1. The van der Waals surface area contributed by atoms with Crippen LogP contribution in [0.4, 0.5) is 10.1 Å². The Kier molecular flexibility index (Phi) is 5.41. The Bertz CT molecular complexity index is 1230. The first-order valence-corrected chi connectivity index (χ1v) is 10.1. The summed E-state index contributed by atoms with van der Waals surface area (Å²) in [5, 5.41) is 11.1. The molecule has 0 spiro atoms. The number of furan rings is 1. The van der Waals surface area contributed by atoms with Crippen molar-refractivity contribution in [3.05, 3.63) is 87.5 Å². The molecule has 1 amide bonds. The highest BCUT2D eigenvalue weighted by molar-refractivity contribution is 9.10. The summed E-state index contributed by atoms with van der Waals surface area (Å²) in [6.07, 6.45) is 0. The maximum Gasteiger partial charge on any atom is 0.300 e. The molecule has 4 rings (SSSR count). The van der Waals surface area contributed by atoms with Crippen molar-refractivity contribution < 1.29 is 28.2 Å². The van der Waals surface area contributed by atoms with Crippen molar-refractivity contribution in [2.45, 2.75) is 13.0 Å². The fourth-order valence-electron chi connectivity index (χ4n) is 3.60. The number of methoxy groups -OCH3 is 1. The Morgan fingerprint density at radius 1 is 1.16 bits per heavy atom. The van der Waals surface area contributed by atoms with Gasteiger partial charge in [-0.05, 0) is 55.5 Å². The van der Waals surface area contributed by atoms with E-state index in [-0.39, 0.29) is 22.6 Å². The highest BCUT2D eigenvalue weighted by Crippen LogP contribution is 2.44. The average Bonchev–Trinajstić information content (AvgIpc) is 3.28. The van der Waals surface area contributed by atoms with E-state index in [1.807, 2.05) is 0 Å². The van der Waals surface area contributed by atoms with E-state index in [0.29, 0.717) is 15.9 Å². The fraction of sp³-hybridized carbons (Fsp3) is 0.130. The maximum absolute atomic E-state index is 13.9. The number of rotatable bonds is 4. The molecular weight excluding hydrogens is 469 g/mol. The normalized spacial score (nSPS) is 17.9. The van der Waals surface area contributed by atoms with Gasteiger partial charge in [-0.2, -0.15) is 0 Å². The topological polar surface area (TPSA) is 80.0 Å². The number of carbonyl (C=O) groups is 2. The van der Waals surface area contributed by atoms with E-state index in [1.54, 1.807) is 43.3 Å². The lowest BCUT2D eigenvalue weighted by Gasteiger charge is -2.23. The van der Waals surface area contributed by atoms with E-state index in [4.69, 9.17) is 9.15 Å². The number of benzene rings is 2. The third-order valence-electron chi connectivity index (χ3n) is 4.98. The number of carbonyl (C=O) groups excluding carboxylic acids is 2. The first-order valence-electron chi connectivity index (χ1n) is 9.28. The van der Waals surface area contributed by atoms with Gasteiger partial charge in [0.25, 0.3) is 11.7 Å². The van der Waals surface area contributed by atoms with Crippen molar-refractivity contribution in [2.75, 3.05) is 12.0 Å². The van der Waals surface area contributed by atoms with Crippen LogP contribution in [0, 0.1) is 12.7 Å². The van der Waals surface area contributed by atoms with Gasteiger partial charge in [-0.3, -0.25) is 14.5 Å². The smallest absolute Gasteiger partial charge is 0.300 e. The van der Waals surface area contributed by atoms with Gasteiger partial charge in [0.1, 0.15) is 34.9 Å². The van der Waals surface area contributed by atoms with Crippen LogP contribution in [-0.2, 0) is 9.59 Å². The van der Waals surface area contributed by atoms with Crippen LogP contribution >= 0.6 is 15.9 Å². The second-order valence-electron chi connectivity index (χ2n) is 6.94. The number of ether oxygens (including phenoxy) is 1. The van der Waals surface area contributed by atoms with Crippen LogP contribution in [0.3, 0.4) is 0 Å². The molecule has 1 fully saturated rings. The molecule has 0 radical (unpaired) electrons. The molecule has 0 aliphatic carbocycles. The molecule has 1 saturated heterocycles. The van der Waals surface area contributed by atoms with Gasteiger partial charge in [-0.25, -0.2) is 4.39 Å². The van der Waals surface area contributed by atoms with E-state index >= 15 is 0 Å². The molecule has 1 N–H and O–H groups in total. The van der Waals surface area contributed by atoms with E-state index in [2.05, 4.69) is 15.9 Å². The average molecular weight is 486 g/mol. The van der Waals surface area contributed by atoms with Crippen molar-refractivity contribution in [2.24, 2.45) is 0 Å². The van der Waals surface area contributed by atoms with Crippen molar-refractivity contribution in [1.29, 1.82) is 0 Å². The van der Waals surface area contributed by atoms with E-state index in [1.165, 1.54) is 24.1 Å². The molecule has 6 nitrogen and oxygen atoms in total. The lowest BCUT2D eigenvalue weighted by atomic mass is 9.98. The summed E-state index contributed by atoms with van der Waals surface area (Å²) in [7, 11) is 1.36. The summed E-state index contributed by atoms with van der Waals surface area (Å²) in [6, 6.07) is 12.7. The summed E-state index contributed by atoms with van der Waals surface area (Å²) in [4.78, 5) is 27.4. The van der Waals surface area contributed by atoms with E-state index in [0.717, 1.165) is 6.07 Å². The number of amides is 1. The standard InChI is InChI=1S/C23H17BrFNO5/c1-12-6-8-18(31-12)20-19(21(27)16-11-14(25)7-9-17(16)30-2)22(28)23(29)26(20)15-5-3-4-13(24)10-15/h3-11,20,27H,1-2H3/b21-19-. The first-order chi connectivity index (χ1) is 14.8. The first kappa shape index (κ1) is 20.9. The molecule has 8 heteroatoms. The van der Waals surface area contributed by atoms with Crippen molar-refractivity contribution in [1.82, 2.24) is 0 Å². The van der Waals surface area contributed by atoms with Gasteiger partial charge >= 0.3 is 0 Å². The zero-order chi connectivity index (χ0) is 22.3. The molecule has 0 saturated carbocycles. The van der Waals surface area contributed by atoms with Gasteiger partial charge in [0.05, 0.1) is 18.2 Å². The summed E-state index contributed by atoms with van der Waals surface area (Å²) in [6.45, 7) is 1.73. The molecule has 1 aromatic heterocycles. The number of hydrogen-bond acceptors (Lipinski definition) is 5. The summed E-state index contributed by atoms with van der Waals surface area (Å²) in [5.74, 6) is -1.93. The number of nitrogens with zero attached hydrogens (tertiary/aromatic N) is 1. The number of anilines is 1. The van der Waals surface area contributed by atoms with Crippen LogP contribution in [0.2, 0.25) is 0 Å². The van der Waals surface area contributed by atoms with Gasteiger partial charge in [0, 0.05) is 10.2 Å². The molecule has 1 aliphatic heterocycles. The van der Waals surface area contributed by atoms with Crippen molar-refractivity contribution >= 4 is 39.1 Å². The lowest BCUT2D eigenvalue weighted by Crippen LogP contribution is -2.29. The molecule has 1 aliphatic rings. The highest BCUT2D eigenvalue weighted by atomic mass is 79.9. The van der Waals surface area contributed by atoms with Gasteiger partial charge < -0.3 is 14.3 Å². The summed E-state index contributed by atoms with van der Waals surface area (Å²) in [5.41, 5.74) is 0.173. The van der Waals surface area contributed by atoms with Crippen LogP contribution in [0.15, 0.2) is 69.1 Å². The molecule has 1 unspecified atom stereocenters. The zero-order valence-corrected chi connectivity index (χ0v) is 18.1. The molecule has 31 heavy (non-hydrogen) atoms. The third kappa shape index (κ3) is 3.63. The monoisotopic (exact) mass is 485 g/mol. The predicted molar refractivity (Wildman–Crippen MR) is 115 cm³/mol. The Labute approximate surface area is 185 Å². The van der Waals surface area contributed by atoms with Gasteiger partial charge in [-0.15, -0.1) is 0 Å². The molecule has 2 heterocycles. The number of halogens is 2. The number of ketones is 1. The SMILES string of the molecule is COc1ccc(F)cc1/C(O)=C1/C(=O)C(=O)N(c2cccc(Br)c2)C1c1ccc(C)o1. The highest BCUT2D eigenvalue weighted by Gasteiger charge is 2.48. The van der Waals surface area contributed by atoms with Crippen molar-refractivity contribution in [3.8, 4) is 5.75 Å². The largest absolute Gasteiger partial charge is 0.507 e. The number of aliphatic hydroxyl groups is 1. The third-order valence-corrected chi connectivity index (χ3v) is 5.47. The number of hydrogen-bond donors (Lipinski definition) is 1. The fourth-order valence-corrected chi connectivity index (χ4v) is 3.99. The number of aliphatic hydroxyl groups excluding tert-OH is 1. The minimum absolute atomic E-state index is 0.0389. The van der Waals surface area contributed by atoms with Gasteiger partial charge in [-0.1, -0.05) is 22.0 Å².